The fourth-order valence-electron chi connectivity index (χ4n) is 2.92. The summed E-state index contributed by atoms with van der Waals surface area (Å²) in [5, 5.41) is 21.9. The Bertz CT molecular complexity index is 966. The van der Waals surface area contributed by atoms with E-state index in [4.69, 9.17) is 5.26 Å². The Morgan fingerprint density at radius 1 is 1.07 bits per heavy atom. The van der Waals surface area contributed by atoms with Crippen LogP contribution >= 0.6 is 0 Å². The van der Waals surface area contributed by atoms with Crippen LogP contribution in [0, 0.1) is 11.3 Å². The monoisotopic (exact) mass is 393 g/mol. The normalized spacial score (nSPS) is 11.6. The van der Waals surface area contributed by atoms with E-state index in [0.29, 0.717) is 5.56 Å². The summed E-state index contributed by atoms with van der Waals surface area (Å²) in [4.78, 5) is 28.8. The lowest BCUT2D eigenvalue weighted by Gasteiger charge is -2.20. The number of nitrogens with zero attached hydrogens (tertiary/aromatic N) is 2. The van der Waals surface area contributed by atoms with Crippen molar-refractivity contribution in [1.82, 2.24) is 10.3 Å². The first-order valence-electron chi connectivity index (χ1n) is 9.44. The molecule has 6 nitrogen and oxygen atoms in total. The third-order valence-corrected chi connectivity index (χ3v) is 4.44. The van der Waals surface area contributed by atoms with Gasteiger partial charge in [-0.05, 0) is 54.2 Å². The van der Waals surface area contributed by atoms with Gasteiger partial charge in [0.25, 0.3) is 5.91 Å². The predicted molar refractivity (Wildman–Crippen MR) is 111 cm³/mol. The smallest absolute Gasteiger partial charge is 0.271 e. The van der Waals surface area contributed by atoms with E-state index in [1.165, 1.54) is 6.20 Å². The van der Waals surface area contributed by atoms with Gasteiger partial charge in [-0.2, -0.15) is 5.26 Å². The molecule has 0 aliphatic carbocycles. The highest BCUT2D eigenvalue weighted by Gasteiger charge is 2.21. The number of pyridine rings is 1. The lowest BCUT2D eigenvalue weighted by atomic mass is 9.85. The molecule has 29 heavy (non-hydrogen) atoms. The van der Waals surface area contributed by atoms with Crippen LogP contribution in [0.2, 0.25) is 0 Å². The van der Waals surface area contributed by atoms with Crippen LogP contribution in [0.15, 0.2) is 36.5 Å². The number of aromatic nitrogens is 1. The van der Waals surface area contributed by atoms with E-state index < -0.39 is 11.4 Å². The molecule has 2 N–H and O–H groups in total. The molecule has 0 saturated carbocycles. The fourth-order valence-corrected chi connectivity index (χ4v) is 2.92. The number of nitriles is 1. The van der Waals surface area contributed by atoms with Crippen molar-refractivity contribution >= 4 is 11.7 Å². The summed E-state index contributed by atoms with van der Waals surface area (Å²) in [5.41, 5.74) is 1.21. The molecule has 0 fully saturated rings. The van der Waals surface area contributed by atoms with E-state index >= 15 is 0 Å². The molecule has 0 spiro atoms. The SMILES string of the molecule is CC(C)(C#N)NC(=O)c1cc(CC(=O)Cc2ccc(C(C)(C)C)c(O)c2)ccn1. The molecular formula is C23H27N3O3. The Kier molecular flexibility index (Phi) is 6.43. The van der Waals surface area contributed by atoms with Crippen LogP contribution in [0.1, 0.15) is 61.8 Å². The molecule has 2 aromatic rings. The Balaban J connectivity index is 2.07. The van der Waals surface area contributed by atoms with Crippen molar-refractivity contribution in [2.75, 3.05) is 0 Å². The molecule has 152 valence electrons. The summed E-state index contributed by atoms with van der Waals surface area (Å²) < 4.78 is 0. The number of benzene rings is 1. The topological polar surface area (TPSA) is 103 Å². The average molecular weight is 393 g/mol. The number of nitrogens with one attached hydrogen (secondary N) is 1. The maximum absolute atomic E-state index is 12.5. The van der Waals surface area contributed by atoms with Crippen LogP contribution < -0.4 is 5.32 Å². The molecule has 1 heterocycles. The number of aromatic hydroxyl groups is 1. The van der Waals surface area contributed by atoms with Gasteiger partial charge >= 0.3 is 0 Å². The maximum Gasteiger partial charge on any atom is 0.271 e. The highest BCUT2D eigenvalue weighted by Crippen LogP contribution is 2.31. The van der Waals surface area contributed by atoms with E-state index in [1.54, 1.807) is 32.0 Å². The number of Topliss-reactive ketones (excluding diaryl/α,β-unsaturated/α-hetero) is 1. The van der Waals surface area contributed by atoms with Gasteiger partial charge in [-0.3, -0.25) is 14.6 Å². The van der Waals surface area contributed by atoms with Crippen LogP contribution in [0.5, 0.6) is 5.75 Å². The summed E-state index contributed by atoms with van der Waals surface area (Å²) in [7, 11) is 0. The molecule has 0 aliphatic heterocycles. The summed E-state index contributed by atoms with van der Waals surface area (Å²) >= 11 is 0. The number of carbonyl (C=O) groups is 2. The molecule has 0 radical (unpaired) electrons. The minimum absolute atomic E-state index is 0.0391. The Morgan fingerprint density at radius 2 is 1.69 bits per heavy atom. The van der Waals surface area contributed by atoms with Gasteiger partial charge in [0.2, 0.25) is 0 Å². The first-order valence-corrected chi connectivity index (χ1v) is 9.44. The van der Waals surface area contributed by atoms with Gasteiger partial charge in [0, 0.05) is 19.0 Å². The molecule has 0 unspecified atom stereocenters. The van der Waals surface area contributed by atoms with Gasteiger partial charge in [0.05, 0.1) is 6.07 Å². The van der Waals surface area contributed by atoms with Crippen LogP contribution in [-0.4, -0.2) is 27.3 Å². The highest BCUT2D eigenvalue weighted by atomic mass is 16.3. The molecule has 0 bridgehead atoms. The number of ketones is 1. The first-order chi connectivity index (χ1) is 13.4. The number of carbonyl (C=O) groups excluding carboxylic acids is 2. The van der Waals surface area contributed by atoms with Crippen LogP contribution in [0.3, 0.4) is 0 Å². The second kappa shape index (κ2) is 8.44. The van der Waals surface area contributed by atoms with Crippen LogP contribution in [0.25, 0.3) is 0 Å². The zero-order valence-electron chi connectivity index (χ0n) is 17.5. The summed E-state index contributed by atoms with van der Waals surface area (Å²) in [5.74, 6) is -0.317. The molecule has 1 aromatic carbocycles. The zero-order valence-corrected chi connectivity index (χ0v) is 17.5. The number of hydrogen-bond donors (Lipinski definition) is 2. The van der Waals surface area contributed by atoms with Gasteiger partial charge in [-0.15, -0.1) is 0 Å². The average Bonchev–Trinajstić information content (AvgIpc) is 2.60. The van der Waals surface area contributed by atoms with Gasteiger partial charge < -0.3 is 10.4 Å². The van der Waals surface area contributed by atoms with Crippen molar-refractivity contribution in [3.05, 3.63) is 58.9 Å². The van der Waals surface area contributed by atoms with Crippen molar-refractivity contribution in [2.24, 2.45) is 0 Å². The largest absolute Gasteiger partial charge is 0.508 e. The van der Waals surface area contributed by atoms with Crippen molar-refractivity contribution in [3.63, 3.8) is 0 Å². The lowest BCUT2D eigenvalue weighted by molar-refractivity contribution is -0.117. The highest BCUT2D eigenvalue weighted by molar-refractivity contribution is 5.93. The van der Waals surface area contributed by atoms with Crippen molar-refractivity contribution < 1.29 is 14.7 Å². The predicted octanol–water partition coefficient (Wildman–Crippen LogP) is 3.47. The van der Waals surface area contributed by atoms with E-state index in [1.807, 2.05) is 39.0 Å². The number of rotatable bonds is 6. The van der Waals surface area contributed by atoms with E-state index in [-0.39, 0.29) is 35.5 Å². The third kappa shape index (κ3) is 6.15. The quantitative estimate of drug-likeness (QED) is 0.782. The summed E-state index contributed by atoms with van der Waals surface area (Å²) in [6.07, 6.45) is 1.80. The Morgan fingerprint density at radius 3 is 2.24 bits per heavy atom. The zero-order chi connectivity index (χ0) is 21.8. The molecule has 1 amide bonds. The molecule has 1 aromatic heterocycles. The molecule has 0 aliphatic rings. The standard InChI is InChI=1S/C23H27N3O3/c1-22(2,3)18-7-6-15(13-20(18)28)10-17(27)11-16-8-9-25-19(12-16)21(29)26-23(4,5)14-24/h6-9,12-13,28H,10-11H2,1-5H3,(H,26,29). The molecule has 6 heteroatoms. The number of amides is 1. The number of phenols is 1. The number of hydrogen-bond acceptors (Lipinski definition) is 5. The van der Waals surface area contributed by atoms with Gasteiger partial charge in [0.1, 0.15) is 22.8 Å². The van der Waals surface area contributed by atoms with Gasteiger partial charge in [-0.1, -0.05) is 32.9 Å². The summed E-state index contributed by atoms with van der Waals surface area (Å²) in [6, 6.07) is 10.6. The van der Waals surface area contributed by atoms with Crippen molar-refractivity contribution in [3.8, 4) is 11.8 Å². The van der Waals surface area contributed by atoms with E-state index in [0.717, 1.165) is 11.1 Å². The maximum atomic E-state index is 12.5. The van der Waals surface area contributed by atoms with E-state index in [9.17, 15) is 14.7 Å². The van der Waals surface area contributed by atoms with Gasteiger partial charge in [-0.25, -0.2) is 0 Å². The second-order valence-electron chi connectivity index (χ2n) is 8.73. The van der Waals surface area contributed by atoms with Crippen LogP contribution in [-0.2, 0) is 23.1 Å². The third-order valence-electron chi connectivity index (χ3n) is 4.44. The molecule has 2 rings (SSSR count). The molecular weight excluding hydrogens is 366 g/mol. The van der Waals surface area contributed by atoms with Gasteiger partial charge in [0.15, 0.2) is 0 Å². The second-order valence-corrected chi connectivity index (χ2v) is 8.73. The summed E-state index contributed by atoms with van der Waals surface area (Å²) in [6.45, 7) is 9.24. The minimum atomic E-state index is -1.01. The first kappa shape index (κ1) is 22.1. The minimum Gasteiger partial charge on any atom is -0.508 e. The molecule has 0 atom stereocenters. The van der Waals surface area contributed by atoms with Crippen molar-refractivity contribution in [1.29, 1.82) is 5.26 Å². The fraction of sp³-hybridized carbons (Fsp3) is 0.391. The molecule has 0 saturated heterocycles. The lowest BCUT2D eigenvalue weighted by Crippen LogP contribution is -2.42. The number of phenolic OH excluding ortho intramolecular Hbond substituents is 1. The Hall–Kier alpha value is -3.20. The Labute approximate surface area is 171 Å². The van der Waals surface area contributed by atoms with Crippen molar-refractivity contribution in [2.45, 2.75) is 58.4 Å². The van der Waals surface area contributed by atoms with Crippen LogP contribution in [0.4, 0.5) is 0 Å². The van der Waals surface area contributed by atoms with E-state index in [2.05, 4.69) is 10.3 Å².